The molecule has 3 rings (SSSR count). The van der Waals surface area contributed by atoms with Crippen LogP contribution in [0.5, 0.6) is 0 Å². The molecule has 0 radical (unpaired) electrons. The van der Waals surface area contributed by atoms with Gasteiger partial charge in [-0.3, -0.25) is 4.79 Å². The van der Waals surface area contributed by atoms with E-state index in [1.807, 2.05) is 4.68 Å². The number of Topliss-reactive ketones (excluding diaryl/α,β-unsaturated/α-hetero) is 1. The van der Waals surface area contributed by atoms with Gasteiger partial charge in [0.25, 0.3) is 0 Å². The lowest BCUT2D eigenvalue weighted by atomic mass is 9.49. The van der Waals surface area contributed by atoms with Crippen LogP contribution in [-0.4, -0.2) is 20.5 Å². The fraction of sp³-hybridized carbons (Fsp3) is 0.700. The normalized spacial score (nSPS) is 26.6. The van der Waals surface area contributed by atoms with E-state index in [0.717, 1.165) is 24.1 Å². The number of halogens is 2. The molecule has 0 bridgehead atoms. The highest BCUT2D eigenvalue weighted by atomic mass is 79.9. The molecule has 86 valence electrons. The second-order valence-electron chi connectivity index (χ2n) is 4.67. The van der Waals surface area contributed by atoms with Gasteiger partial charge in [-0.05, 0) is 50.6 Å². The van der Waals surface area contributed by atoms with Gasteiger partial charge in [0.05, 0.1) is 0 Å². The van der Waals surface area contributed by atoms with Gasteiger partial charge in [-0.1, -0.05) is 6.42 Å². The van der Waals surface area contributed by atoms with E-state index in [4.69, 9.17) is 0 Å². The monoisotopic (exact) mass is 347 g/mol. The second kappa shape index (κ2) is 3.63. The van der Waals surface area contributed by atoms with E-state index < -0.39 is 0 Å². The number of carbonyl (C=O) groups excluding carboxylic acids is 1. The van der Waals surface area contributed by atoms with Crippen molar-refractivity contribution in [3.8, 4) is 0 Å². The molecule has 2 fully saturated rings. The average Bonchev–Trinajstić information content (AvgIpc) is 2.41. The van der Waals surface area contributed by atoms with Crippen LogP contribution in [0.4, 0.5) is 0 Å². The van der Waals surface area contributed by atoms with Crippen LogP contribution in [0.25, 0.3) is 0 Å². The first-order valence-corrected chi connectivity index (χ1v) is 6.99. The first kappa shape index (κ1) is 10.9. The molecule has 2 saturated carbocycles. The van der Waals surface area contributed by atoms with E-state index in [9.17, 15) is 4.79 Å². The van der Waals surface area contributed by atoms with Gasteiger partial charge in [0, 0.05) is 18.4 Å². The summed E-state index contributed by atoms with van der Waals surface area (Å²) >= 11 is 6.61. The van der Waals surface area contributed by atoms with Gasteiger partial charge in [0.1, 0.15) is 5.78 Å². The summed E-state index contributed by atoms with van der Waals surface area (Å²) in [6.45, 7) is 0.797. The van der Waals surface area contributed by atoms with E-state index in [0.29, 0.717) is 22.9 Å². The highest BCUT2D eigenvalue weighted by Gasteiger charge is 2.57. The third kappa shape index (κ3) is 1.42. The minimum atomic E-state index is 0.0118. The number of hydrogen-bond donors (Lipinski definition) is 0. The molecule has 1 unspecified atom stereocenters. The molecule has 0 N–H and O–H groups in total. The van der Waals surface area contributed by atoms with Gasteiger partial charge in [-0.2, -0.15) is 4.98 Å². The number of ketones is 1. The molecule has 1 spiro atoms. The predicted molar refractivity (Wildman–Crippen MR) is 64.8 cm³/mol. The quantitative estimate of drug-likeness (QED) is 0.825. The Kier molecular flexibility index (Phi) is 2.47. The van der Waals surface area contributed by atoms with Crippen molar-refractivity contribution in [3.05, 3.63) is 9.47 Å². The standard InChI is InChI=1S/C10H11Br2N3O/c11-8-13-9(12)15(14-8)5-6-4-7(16)10(6)2-1-3-10/h6H,1-5H2. The highest BCUT2D eigenvalue weighted by Crippen LogP contribution is 2.57. The van der Waals surface area contributed by atoms with Crippen LogP contribution in [0.2, 0.25) is 0 Å². The maximum atomic E-state index is 11.7. The summed E-state index contributed by atoms with van der Waals surface area (Å²) in [6.07, 6.45) is 4.06. The first-order valence-electron chi connectivity index (χ1n) is 5.41. The van der Waals surface area contributed by atoms with E-state index in [-0.39, 0.29) is 5.41 Å². The Morgan fingerprint density at radius 1 is 1.44 bits per heavy atom. The molecule has 6 heteroatoms. The smallest absolute Gasteiger partial charge is 0.218 e. The average molecular weight is 349 g/mol. The van der Waals surface area contributed by atoms with Gasteiger partial charge in [-0.15, -0.1) is 5.10 Å². The molecule has 0 saturated heterocycles. The minimum absolute atomic E-state index is 0.0118. The Labute approximate surface area is 110 Å². The van der Waals surface area contributed by atoms with E-state index in [1.165, 1.54) is 6.42 Å². The van der Waals surface area contributed by atoms with Crippen molar-refractivity contribution in [3.63, 3.8) is 0 Å². The van der Waals surface area contributed by atoms with Crippen LogP contribution in [0, 0.1) is 11.3 Å². The molecule has 1 heterocycles. The predicted octanol–water partition coefficient (Wildman–Crippen LogP) is 2.56. The number of aromatic nitrogens is 3. The lowest BCUT2D eigenvalue weighted by molar-refractivity contribution is -0.157. The van der Waals surface area contributed by atoms with Crippen LogP contribution in [0.1, 0.15) is 25.7 Å². The van der Waals surface area contributed by atoms with Gasteiger partial charge in [0.2, 0.25) is 4.73 Å². The third-order valence-electron chi connectivity index (χ3n) is 4.01. The molecular weight excluding hydrogens is 338 g/mol. The van der Waals surface area contributed by atoms with Gasteiger partial charge in [0.15, 0.2) is 4.73 Å². The number of nitrogens with zero attached hydrogens (tertiary/aromatic N) is 3. The minimum Gasteiger partial charge on any atom is -0.299 e. The summed E-state index contributed by atoms with van der Waals surface area (Å²) in [5.41, 5.74) is 0.0118. The summed E-state index contributed by atoms with van der Waals surface area (Å²) < 4.78 is 3.15. The lowest BCUT2D eigenvalue weighted by Crippen LogP contribution is -2.55. The molecule has 2 aliphatic carbocycles. The molecule has 1 aromatic rings. The summed E-state index contributed by atoms with van der Waals surface area (Å²) in [7, 11) is 0. The fourth-order valence-corrected chi connectivity index (χ4v) is 3.81. The van der Waals surface area contributed by atoms with Gasteiger partial charge in [-0.25, -0.2) is 4.68 Å². The molecule has 1 aromatic heterocycles. The molecular formula is C10H11Br2N3O. The Bertz CT molecular complexity index is 453. The van der Waals surface area contributed by atoms with Crippen LogP contribution < -0.4 is 0 Å². The maximum Gasteiger partial charge on any atom is 0.218 e. The van der Waals surface area contributed by atoms with Gasteiger partial charge >= 0.3 is 0 Å². The summed E-state index contributed by atoms with van der Waals surface area (Å²) in [6, 6.07) is 0. The Morgan fingerprint density at radius 2 is 2.19 bits per heavy atom. The SMILES string of the molecule is O=C1CC(Cn2nc(Br)nc2Br)C12CCC2. The zero-order valence-electron chi connectivity index (χ0n) is 8.62. The number of hydrogen-bond acceptors (Lipinski definition) is 3. The van der Waals surface area contributed by atoms with E-state index in [2.05, 4.69) is 41.9 Å². The second-order valence-corrected chi connectivity index (χ2v) is 6.08. The molecule has 2 aliphatic rings. The molecule has 4 nitrogen and oxygen atoms in total. The molecule has 1 atom stereocenters. The maximum absolute atomic E-state index is 11.7. The molecule has 0 aromatic carbocycles. The van der Waals surface area contributed by atoms with Crippen LogP contribution >= 0.6 is 31.9 Å². The molecule has 16 heavy (non-hydrogen) atoms. The zero-order valence-corrected chi connectivity index (χ0v) is 11.8. The summed E-state index contributed by atoms with van der Waals surface area (Å²) in [5.74, 6) is 0.915. The number of rotatable bonds is 2. The topological polar surface area (TPSA) is 47.8 Å². The van der Waals surface area contributed by atoms with Gasteiger partial charge < -0.3 is 0 Å². The van der Waals surface area contributed by atoms with Crippen molar-refractivity contribution in [2.45, 2.75) is 32.2 Å². The van der Waals surface area contributed by atoms with Crippen molar-refractivity contribution in [2.75, 3.05) is 0 Å². The van der Waals surface area contributed by atoms with E-state index in [1.54, 1.807) is 0 Å². The lowest BCUT2D eigenvalue weighted by Gasteiger charge is -2.54. The van der Waals surface area contributed by atoms with Crippen molar-refractivity contribution in [1.29, 1.82) is 0 Å². The van der Waals surface area contributed by atoms with Crippen LogP contribution in [-0.2, 0) is 11.3 Å². The van der Waals surface area contributed by atoms with Crippen molar-refractivity contribution in [2.24, 2.45) is 11.3 Å². The molecule has 0 amide bonds. The first-order chi connectivity index (χ1) is 7.62. The van der Waals surface area contributed by atoms with Crippen LogP contribution in [0.15, 0.2) is 9.47 Å². The Morgan fingerprint density at radius 3 is 2.62 bits per heavy atom. The van der Waals surface area contributed by atoms with Crippen LogP contribution in [0.3, 0.4) is 0 Å². The van der Waals surface area contributed by atoms with Crippen molar-refractivity contribution >= 4 is 37.6 Å². The van der Waals surface area contributed by atoms with Crippen molar-refractivity contribution < 1.29 is 4.79 Å². The number of carbonyl (C=O) groups is 1. The Balaban J connectivity index is 1.76. The fourth-order valence-electron chi connectivity index (χ4n) is 2.83. The van der Waals surface area contributed by atoms with E-state index >= 15 is 0 Å². The van der Waals surface area contributed by atoms with Crippen molar-refractivity contribution in [1.82, 2.24) is 14.8 Å². The molecule has 0 aliphatic heterocycles. The third-order valence-corrected chi connectivity index (χ3v) is 4.93. The largest absolute Gasteiger partial charge is 0.299 e. The summed E-state index contributed by atoms with van der Waals surface area (Å²) in [4.78, 5) is 15.8. The Hall–Kier alpha value is -0.230. The zero-order chi connectivity index (χ0) is 11.3. The highest BCUT2D eigenvalue weighted by molar-refractivity contribution is 9.11. The summed E-state index contributed by atoms with van der Waals surface area (Å²) in [5, 5.41) is 4.25.